The minimum atomic E-state index is -0.362. The molecular formula is C8H6N2O3. The second-order valence-corrected chi connectivity index (χ2v) is 2.18. The highest BCUT2D eigenvalue weighted by Gasteiger charge is 2.10. The lowest BCUT2D eigenvalue weighted by Crippen LogP contribution is -2.14. The normalized spacial score (nSPS) is 19.1. The molecule has 0 spiro atoms. The van der Waals surface area contributed by atoms with E-state index < -0.39 is 0 Å². The van der Waals surface area contributed by atoms with Crippen molar-refractivity contribution in [1.29, 1.82) is 0 Å². The molecule has 66 valence electrons. The largest absolute Gasteiger partial charge is 0.468 e. The summed E-state index contributed by atoms with van der Waals surface area (Å²) in [6.07, 6.45) is 7.28. The number of carbonyl (C=O) groups excluding carboxylic acids is 2. The van der Waals surface area contributed by atoms with Crippen LogP contribution in [-0.4, -0.2) is 24.8 Å². The standard InChI is InChI=1S/C8H6N2O3/c11-5-9-4-7-2-1-3-8(13-7)10-6-12/h1-3,7H,4H2. The lowest BCUT2D eigenvalue weighted by molar-refractivity contribution is 0.156. The number of aliphatic imine (C=N–C) groups is 2. The lowest BCUT2D eigenvalue weighted by atomic mass is 10.3. The van der Waals surface area contributed by atoms with Crippen molar-refractivity contribution in [2.75, 3.05) is 6.54 Å². The van der Waals surface area contributed by atoms with Crippen LogP contribution in [-0.2, 0) is 14.3 Å². The average Bonchev–Trinajstić information content (AvgIpc) is 2.16. The van der Waals surface area contributed by atoms with Crippen molar-refractivity contribution < 1.29 is 14.3 Å². The fraction of sp³-hybridized carbons (Fsp3) is 0.250. The highest BCUT2D eigenvalue weighted by Crippen LogP contribution is 2.11. The molecule has 0 aromatic carbocycles. The third-order valence-corrected chi connectivity index (χ3v) is 1.33. The fourth-order valence-electron chi connectivity index (χ4n) is 0.829. The summed E-state index contributed by atoms with van der Waals surface area (Å²) in [6.45, 7) is 0.172. The number of nitrogens with zero attached hydrogens (tertiary/aromatic N) is 2. The van der Waals surface area contributed by atoms with Crippen LogP contribution in [0, 0.1) is 0 Å². The lowest BCUT2D eigenvalue weighted by Gasteiger charge is -2.14. The second kappa shape index (κ2) is 4.83. The molecule has 0 radical (unpaired) electrons. The maximum Gasteiger partial charge on any atom is 0.243 e. The van der Waals surface area contributed by atoms with E-state index in [1.165, 1.54) is 18.2 Å². The van der Waals surface area contributed by atoms with Gasteiger partial charge in [0.1, 0.15) is 6.10 Å². The van der Waals surface area contributed by atoms with Crippen molar-refractivity contribution in [3.8, 4) is 0 Å². The molecule has 1 atom stereocenters. The van der Waals surface area contributed by atoms with E-state index in [0.717, 1.165) is 0 Å². The predicted octanol–water partition coefficient (Wildman–Crippen LogP) is 0.454. The summed E-state index contributed by atoms with van der Waals surface area (Å²) in [4.78, 5) is 26.3. The summed E-state index contributed by atoms with van der Waals surface area (Å²) in [7, 11) is 0. The first-order valence-electron chi connectivity index (χ1n) is 3.53. The predicted molar refractivity (Wildman–Crippen MR) is 43.2 cm³/mol. The van der Waals surface area contributed by atoms with E-state index in [1.54, 1.807) is 12.2 Å². The Kier molecular flexibility index (Phi) is 3.39. The smallest absolute Gasteiger partial charge is 0.243 e. The van der Waals surface area contributed by atoms with E-state index in [2.05, 4.69) is 9.98 Å². The van der Waals surface area contributed by atoms with Gasteiger partial charge in [-0.25, -0.2) is 14.6 Å². The van der Waals surface area contributed by atoms with Gasteiger partial charge in [-0.2, -0.15) is 0 Å². The van der Waals surface area contributed by atoms with E-state index in [1.807, 2.05) is 0 Å². The molecule has 0 fully saturated rings. The Labute approximate surface area is 74.1 Å². The second-order valence-electron chi connectivity index (χ2n) is 2.18. The molecule has 1 unspecified atom stereocenters. The average molecular weight is 178 g/mol. The zero-order chi connectivity index (χ0) is 9.52. The molecule has 0 saturated heterocycles. The number of hydrogen-bond acceptors (Lipinski definition) is 5. The summed E-state index contributed by atoms with van der Waals surface area (Å²) in [6, 6.07) is 0. The maximum absolute atomic E-state index is 9.87. The van der Waals surface area contributed by atoms with Gasteiger partial charge in [0.15, 0.2) is 0 Å². The van der Waals surface area contributed by atoms with E-state index in [-0.39, 0.29) is 18.5 Å². The highest BCUT2D eigenvalue weighted by atomic mass is 16.5. The van der Waals surface area contributed by atoms with Gasteiger partial charge in [-0.1, -0.05) is 6.08 Å². The Balaban J connectivity index is 2.58. The molecule has 1 rings (SSSR count). The summed E-state index contributed by atoms with van der Waals surface area (Å²) in [5.41, 5.74) is 0. The molecule has 0 aromatic rings. The van der Waals surface area contributed by atoms with E-state index in [4.69, 9.17) is 4.74 Å². The summed E-state index contributed by atoms with van der Waals surface area (Å²) >= 11 is 0. The van der Waals surface area contributed by atoms with Crippen LogP contribution in [0.25, 0.3) is 0 Å². The van der Waals surface area contributed by atoms with Crippen LogP contribution < -0.4 is 0 Å². The summed E-state index contributed by atoms with van der Waals surface area (Å²) < 4.78 is 5.10. The van der Waals surface area contributed by atoms with Gasteiger partial charge < -0.3 is 4.74 Å². The van der Waals surface area contributed by atoms with Gasteiger partial charge in [0.25, 0.3) is 0 Å². The molecule has 0 amide bonds. The Bertz CT molecular complexity index is 333. The number of ether oxygens (including phenoxy) is 1. The van der Waals surface area contributed by atoms with Gasteiger partial charge in [0.2, 0.25) is 18.0 Å². The maximum atomic E-state index is 9.87. The molecule has 1 aliphatic heterocycles. The van der Waals surface area contributed by atoms with Gasteiger partial charge in [0, 0.05) is 6.08 Å². The van der Waals surface area contributed by atoms with Crippen molar-refractivity contribution in [1.82, 2.24) is 0 Å². The minimum Gasteiger partial charge on any atom is -0.468 e. The third-order valence-electron chi connectivity index (χ3n) is 1.33. The first-order chi connectivity index (χ1) is 6.36. The minimum absolute atomic E-state index is 0.170. The zero-order valence-corrected chi connectivity index (χ0v) is 6.64. The molecule has 5 heteroatoms. The van der Waals surface area contributed by atoms with Crippen molar-refractivity contribution in [2.45, 2.75) is 6.10 Å². The first kappa shape index (κ1) is 9.13. The SMILES string of the molecule is O=C=NCC1C=CC=C(N=C=O)O1. The summed E-state index contributed by atoms with van der Waals surface area (Å²) in [5, 5.41) is 0. The Morgan fingerprint density at radius 2 is 2.31 bits per heavy atom. The van der Waals surface area contributed by atoms with Gasteiger partial charge in [-0.05, 0) is 6.08 Å². The molecule has 0 aliphatic carbocycles. The Morgan fingerprint density at radius 3 is 3.00 bits per heavy atom. The van der Waals surface area contributed by atoms with Crippen LogP contribution in [0.15, 0.2) is 34.1 Å². The molecule has 0 aromatic heterocycles. The molecule has 5 nitrogen and oxygen atoms in total. The van der Waals surface area contributed by atoms with Gasteiger partial charge in [0.05, 0.1) is 6.54 Å². The van der Waals surface area contributed by atoms with Crippen molar-refractivity contribution >= 4 is 12.2 Å². The third kappa shape index (κ3) is 2.87. The number of hydrogen-bond donors (Lipinski definition) is 0. The van der Waals surface area contributed by atoms with E-state index in [0.29, 0.717) is 0 Å². The van der Waals surface area contributed by atoms with Crippen molar-refractivity contribution in [2.24, 2.45) is 9.98 Å². The fourth-order valence-corrected chi connectivity index (χ4v) is 0.829. The topological polar surface area (TPSA) is 68.1 Å². The van der Waals surface area contributed by atoms with E-state index in [9.17, 15) is 9.59 Å². The summed E-state index contributed by atoms with van der Waals surface area (Å²) in [5.74, 6) is 0.170. The Morgan fingerprint density at radius 1 is 1.46 bits per heavy atom. The van der Waals surface area contributed by atoms with Gasteiger partial charge >= 0.3 is 0 Å². The monoisotopic (exact) mass is 178 g/mol. The molecule has 0 N–H and O–H groups in total. The highest BCUT2D eigenvalue weighted by molar-refractivity contribution is 5.37. The van der Waals surface area contributed by atoms with Gasteiger partial charge in [-0.15, -0.1) is 4.99 Å². The molecule has 0 saturated carbocycles. The van der Waals surface area contributed by atoms with Crippen molar-refractivity contribution in [3.63, 3.8) is 0 Å². The van der Waals surface area contributed by atoms with Crippen LogP contribution in [0.3, 0.4) is 0 Å². The molecule has 0 bridgehead atoms. The van der Waals surface area contributed by atoms with Crippen LogP contribution in [0.4, 0.5) is 0 Å². The number of rotatable bonds is 3. The zero-order valence-electron chi connectivity index (χ0n) is 6.64. The van der Waals surface area contributed by atoms with Crippen LogP contribution in [0.1, 0.15) is 0 Å². The molecule has 13 heavy (non-hydrogen) atoms. The molecule has 1 aliphatic rings. The van der Waals surface area contributed by atoms with Crippen LogP contribution in [0.2, 0.25) is 0 Å². The van der Waals surface area contributed by atoms with Crippen LogP contribution in [0.5, 0.6) is 0 Å². The number of allylic oxidation sites excluding steroid dienone is 2. The van der Waals surface area contributed by atoms with E-state index >= 15 is 0 Å². The quantitative estimate of drug-likeness (QED) is 0.465. The van der Waals surface area contributed by atoms with Gasteiger partial charge in [-0.3, -0.25) is 0 Å². The molecule has 1 heterocycles. The number of isocyanates is 2. The Hall–Kier alpha value is -1.96. The van der Waals surface area contributed by atoms with Crippen molar-refractivity contribution in [3.05, 3.63) is 24.1 Å². The van der Waals surface area contributed by atoms with Crippen LogP contribution >= 0.6 is 0 Å². The first-order valence-corrected chi connectivity index (χ1v) is 3.53. The molecular weight excluding hydrogens is 172 g/mol.